The van der Waals surface area contributed by atoms with Crippen LogP contribution in [0.1, 0.15) is 26.1 Å². The van der Waals surface area contributed by atoms with E-state index in [1.165, 1.54) is 0 Å². The van der Waals surface area contributed by atoms with Gasteiger partial charge in [0.15, 0.2) is 0 Å². The Morgan fingerprint density at radius 2 is 1.75 bits per heavy atom. The van der Waals surface area contributed by atoms with Crippen molar-refractivity contribution in [2.45, 2.75) is 26.7 Å². The van der Waals surface area contributed by atoms with E-state index in [2.05, 4.69) is 36.6 Å². The van der Waals surface area contributed by atoms with Gasteiger partial charge in [0.05, 0.1) is 11.0 Å². The molecule has 1 amide bonds. The van der Waals surface area contributed by atoms with Gasteiger partial charge in [-0.3, -0.25) is 9.36 Å². The van der Waals surface area contributed by atoms with Gasteiger partial charge in [0.1, 0.15) is 5.82 Å². The molecule has 0 atom stereocenters. The van der Waals surface area contributed by atoms with Crippen molar-refractivity contribution in [3.8, 4) is 5.69 Å². The standard InChI is InChI=1S/C22H28N4O.ClH/c1-22(2,15-23)16-25(3)21(27)14-13-20-24-18-11-7-8-12-19(18)26(20)17-9-5-4-6-10-17;/h4-12H,13-16,23H2,1-3H3;1H. The number of amides is 1. The van der Waals surface area contributed by atoms with E-state index in [4.69, 9.17) is 10.7 Å². The Bertz CT molecular complexity index is 921. The molecule has 2 aromatic carbocycles. The molecule has 0 aliphatic rings. The van der Waals surface area contributed by atoms with Gasteiger partial charge in [-0.05, 0) is 36.2 Å². The van der Waals surface area contributed by atoms with Crippen molar-refractivity contribution in [3.05, 3.63) is 60.4 Å². The molecule has 3 aromatic rings. The van der Waals surface area contributed by atoms with Gasteiger partial charge in [0, 0.05) is 32.1 Å². The van der Waals surface area contributed by atoms with E-state index >= 15 is 0 Å². The lowest BCUT2D eigenvalue weighted by Crippen LogP contribution is -2.39. The van der Waals surface area contributed by atoms with E-state index < -0.39 is 0 Å². The van der Waals surface area contributed by atoms with Crippen molar-refractivity contribution in [2.75, 3.05) is 20.1 Å². The van der Waals surface area contributed by atoms with Crippen LogP contribution in [0.5, 0.6) is 0 Å². The fraction of sp³-hybridized carbons (Fsp3) is 0.364. The summed E-state index contributed by atoms with van der Waals surface area (Å²) in [5, 5.41) is 0. The summed E-state index contributed by atoms with van der Waals surface area (Å²) in [6.07, 6.45) is 1.02. The second kappa shape index (κ2) is 9.22. The largest absolute Gasteiger partial charge is 0.345 e. The molecular formula is C22H29ClN4O. The molecule has 2 N–H and O–H groups in total. The number of aryl methyl sites for hydroxylation is 1. The highest BCUT2D eigenvalue weighted by Crippen LogP contribution is 2.22. The fourth-order valence-electron chi connectivity index (χ4n) is 3.31. The number of imidazole rings is 1. The lowest BCUT2D eigenvalue weighted by molar-refractivity contribution is -0.131. The second-order valence-corrected chi connectivity index (χ2v) is 7.81. The van der Waals surface area contributed by atoms with Gasteiger partial charge in [0.25, 0.3) is 0 Å². The van der Waals surface area contributed by atoms with Gasteiger partial charge in [-0.15, -0.1) is 12.4 Å². The van der Waals surface area contributed by atoms with Gasteiger partial charge in [0.2, 0.25) is 5.91 Å². The van der Waals surface area contributed by atoms with Gasteiger partial charge in [-0.1, -0.05) is 44.2 Å². The molecule has 150 valence electrons. The van der Waals surface area contributed by atoms with E-state index in [0.717, 1.165) is 22.5 Å². The normalized spacial score (nSPS) is 11.3. The predicted molar refractivity (Wildman–Crippen MR) is 117 cm³/mol. The highest BCUT2D eigenvalue weighted by atomic mass is 35.5. The average Bonchev–Trinajstić information content (AvgIpc) is 3.04. The van der Waals surface area contributed by atoms with E-state index in [1.54, 1.807) is 4.90 Å². The average molecular weight is 401 g/mol. The number of hydrogen-bond donors (Lipinski definition) is 1. The van der Waals surface area contributed by atoms with E-state index in [-0.39, 0.29) is 23.7 Å². The van der Waals surface area contributed by atoms with Gasteiger partial charge < -0.3 is 10.6 Å². The summed E-state index contributed by atoms with van der Waals surface area (Å²) in [4.78, 5) is 19.2. The smallest absolute Gasteiger partial charge is 0.222 e. The summed E-state index contributed by atoms with van der Waals surface area (Å²) in [5.41, 5.74) is 8.78. The topological polar surface area (TPSA) is 64.2 Å². The molecule has 0 aliphatic carbocycles. The van der Waals surface area contributed by atoms with Gasteiger partial charge >= 0.3 is 0 Å². The second-order valence-electron chi connectivity index (χ2n) is 7.81. The van der Waals surface area contributed by atoms with Crippen molar-refractivity contribution in [1.29, 1.82) is 0 Å². The van der Waals surface area contributed by atoms with Crippen LogP contribution in [0.4, 0.5) is 0 Å². The minimum Gasteiger partial charge on any atom is -0.345 e. The molecule has 6 heteroatoms. The Kier molecular flexibility index (Phi) is 7.22. The maximum Gasteiger partial charge on any atom is 0.222 e. The third kappa shape index (κ3) is 4.91. The van der Waals surface area contributed by atoms with E-state index in [1.807, 2.05) is 43.4 Å². The zero-order chi connectivity index (χ0) is 19.4. The van der Waals surface area contributed by atoms with Crippen LogP contribution in [0.3, 0.4) is 0 Å². The molecule has 0 radical (unpaired) electrons. The zero-order valence-corrected chi connectivity index (χ0v) is 17.6. The highest BCUT2D eigenvalue weighted by Gasteiger charge is 2.21. The number of benzene rings is 2. The molecule has 1 aromatic heterocycles. The third-order valence-electron chi connectivity index (χ3n) is 4.85. The fourth-order valence-corrected chi connectivity index (χ4v) is 3.31. The summed E-state index contributed by atoms with van der Waals surface area (Å²) in [6, 6.07) is 18.2. The Hall–Kier alpha value is -2.37. The molecule has 1 heterocycles. The van der Waals surface area contributed by atoms with Crippen LogP contribution in [0.2, 0.25) is 0 Å². The Balaban J connectivity index is 0.00000280. The van der Waals surface area contributed by atoms with Crippen molar-refractivity contribution < 1.29 is 4.79 Å². The Labute approximate surface area is 173 Å². The summed E-state index contributed by atoms with van der Waals surface area (Å²) >= 11 is 0. The van der Waals surface area contributed by atoms with Crippen LogP contribution in [0.25, 0.3) is 16.7 Å². The number of hydrogen-bond acceptors (Lipinski definition) is 3. The number of rotatable bonds is 7. The van der Waals surface area contributed by atoms with Crippen molar-refractivity contribution in [3.63, 3.8) is 0 Å². The molecule has 3 rings (SSSR count). The number of aromatic nitrogens is 2. The number of nitrogens with zero attached hydrogens (tertiary/aromatic N) is 3. The van der Waals surface area contributed by atoms with Crippen LogP contribution in [-0.4, -0.2) is 40.5 Å². The molecule has 0 bridgehead atoms. The van der Waals surface area contributed by atoms with Gasteiger partial charge in [-0.2, -0.15) is 0 Å². The maximum absolute atomic E-state index is 12.6. The van der Waals surface area contributed by atoms with Crippen molar-refractivity contribution in [2.24, 2.45) is 11.1 Å². The number of halogens is 1. The number of carbonyl (C=O) groups is 1. The zero-order valence-electron chi connectivity index (χ0n) is 16.8. The molecule has 0 saturated heterocycles. The SMILES string of the molecule is CN(CC(C)(C)CN)C(=O)CCc1nc2ccccc2n1-c1ccccc1.Cl. The molecule has 28 heavy (non-hydrogen) atoms. The van der Waals surface area contributed by atoms with Crippen LogP contribution >= 0.6 is 12.4 Å². The van der Waals surface area contributed by atoms with Crippen LogP contribution in [0, 0.1) is 5.41 Å². The summed E-state index contributed by atoms with van der Waals surface area (Å²) < 4.78 is 2.15. The predicted octanol–water partition coefficient (Wildman–Crippen LogP) is 3.82. The highest BCUT2D eigenvalue weighted by molar-refractivity contribution is 5.85. The maximum atomic E-state index is 12.6. The summed E-state index contributed by atoms with van der Waals surface area (Å²) in [5.74, 6) is 1.02. The summed E-state index contributed by atoms with van der Waals surface area (Å²) in [7, 11) is 1.85. The molecule has 0 fully saturated rings. The van der Waals surface area contributed by atoms with Crippen LogP contribution < -0.4 is 5.73 Å². The number of nitrogens with two attached hydrogens (primary N) is 1. The first kappa shape index (κ1) is 21.9. The monoisotopic (exact) mass is 400 g/mol. The van der Waals surface area contributed by atoms with E-state index in [0.29, 0.717) is 25.9 Å². The first-order valence-corrected chi connectivity index (χ1v) is 9.37. The molecule has 0 unspecified atom stereocenters. The lowest BCUT2D eigenvalue weighted by atomic mass is 9.93. The number of fused-ring (bicyclic) bond motifs is 1. The first-order valence-electron chi connectivity index (χ1n) is 9.37. The number of para-hydroxylation sites is 3. The molecule has 5 nitrogen and oxygen atoms in total. The molecule has 0 saturated carbocycles. The van der Waals surface area contributed by atoms with Crippen LogP contribution in [-0.2, 0) is 11.2 Å². The van der Waals surface area contributed by atoms with Crippen molar-refractivity contribution in [1.82, 2.24) is 14.5 Å². The quantitative estimate of drug-likeness (QED) is 0.655. The Morgan fingerprint density at radius 1 is 1.11 bits per heavy atom. The minimum atomic E-state index is -0.0817. The number of carbonyl (C=O) groups excluding carboxylic acids is 1. The van der Waals surface area contributed by atoms with Gasteiger partial charge in [-0.25, -0.2) is 4.98 Å². The molecule has 0 aliphatic heterocycles. The minimum absolute atomic E-state index is 0. The molecule has 0 spiro atoms. The van der Waals surface area contributed by atoms with Crippen molar-refractivity contribution >= 4 is 29.3 Å². The molecular weight excluding hydrogens is 372 g/mol. The van der Waals surface area contributed by atoms with E-state index in [9.17, 15) is 4.79 Å². The Morgan fingerprint density at radius 3 is 2.43 bits per heavy atom. The van der Waals surface area contributed by atoms with Crippen LogP contribution in [0.15, 0.2) is 54.6 Å². The third-order valence-corrected chi connectivity index (χ3v) is 4.85. The summed E-state index contributed by atoms with van der Waals surface area (Å²) in [6.45, 7) is 5.35. The first-order chi connectivity index (χ1) is 12.9. The lowest BCUT2D eigenvalue weighted by Gasteiger charge is -2.29.